The summed E-state index contributed by atoms with van der Waals surface area (Å²) in [5.41, 5.74) is 1.08. The smallest absolute Gasteiger partial charge is 0.344 e. The summed E-state index contributed by atoms with van der Waals surface area (Å²) in [6.45, 7) is 13.2. The summed E-state index contributed by atoms with van der Waals surface area (Å²) in [6, 6.07) is 5.23. The number of esters is 1. The van der Waals surface area contributed by atoms with Crippen LogP contribution in [0, 0.1) is 0 Å². The fourth-order valence-electron chi connectivity index (χ4n) is 3.67. The lowest BCUT2D eigenvalue weighted by Gasteiger charge is -2.44. The fraction of sp³-hybridized carbons (Fsp3) is 0.520. The van der Waals surface area contributed by atoms with Crippen molar-refractivity contribution in [1.29, 1.82) is 0 Å². The minimum Gasteiger partial charge on any atom is -0.492 e. The van der Waals surface area contributed by atoms with Crippen molar-refractivity contribution < 1.29 is 19.0 Å². The topological polar surface area (TPSA) is 70.0 Å². The first-order valence-corrected chi connectivity index (χ1v) is 11.4. The predicted molar refractivity (Wildman–Crippen MR) is 130 cm³/mol. The zero-order valence-corrected chi connectivity index (χ0v) is 21.2. The molecule has 7 nitrogen and oxygen atoms in total. The Morgan fingerprint density at radius 3 is 2.39 bits per heavy atom. The average molecular weight is 477 g/mol. The van der Waals surface area contributed by atoms with Crippen LogP contribution in [0.5, 0.6) is 5.75 Å². The maximum absolute atomic E-state index is 12.9. The van der Waals surface area contributed by atoms with Crippen molar-refractivity contribution in [2.45, 2.75) is 65.6 Å². The number of halogens is 1. The highest BCUT2D eigenvalue weighted by Gasteiger charge is 2.32. The van der Waals surface area contributed by atoms with Gasteiger partial charge in [0.1, 0.15) is 16.9 Å². The van der Waals surface area contributed by atoms with Gasteiger partial charge in [-0.25, -0.2) is 4.79 Å². The third-order valence-corrected chi connectivity index (χ3v) is 5.48. The lowest BCUT2D eigenvalue weighted by molar-refractivity contribution is 0.00669. The monoisotopic (exact) mass is 476 g/mol. The first kappa shape index (κ1) is 25.1. The summed E-state index contributed by atoms with van der Waals surface area (Å²) in [4.78, 5) is 25.7. The van der Waals surface area contributed by atoms with Gasteiger partial charge in [-0.3, -0.25) is 9.47 Å². The normalized spacial score (nSPS) is 13.4. The lowest BCUT2D eigenvalue weighted by atomic mass is 9.97. The van der Waals surface area contributed by atoms with Crippen molar-refractivity contribution >= 4 is 17.6 Å². The maximum Gasteiger partial charge on any atom is 0.344 e. The van der Waals surface area contributed by atoms with E-state index in [1.807, 2.05) is 16.8 Å². The lowest BCUT2D eigenvalue weighted by Crippen LogP contribution is -2.51. The quantitative estimate of drug-likeness (QED) is 0.441. The largest absolute Gasteiger partial charge is 0.492 e. The first-order chi connectivity index (χ1) is 15.3. The molecule has 1 aliphatic rings. The van der Waals surface area contributed by atoms with Gasteiger partial charge in [0.15, 0.2) is 5.43 Å². The number of hydrogen-bond acceptors (Lipinski definition) is 6. The highest BCUT2D eigenvalue weighted by Crippen LogP contribution is 2.38. The Balaban J connectivity index is 2.09. The molecular weight excluding hydrogens is 444 g/mol. The summed E-state index contributed by atoms with van der Waals surface area (Å²) in [7, 11) is 1.65. The first-order valence-electron chi connectivity index (χ1n) is 11.0. The SMILES string of the molecule is COCCCOc1cc2c(cc1Cl)-c1cc(=O)c(C(=O)OC(C)(C)C)cn1N(C(C)(C)C)C2. The molecule has 0 N–H and O–H groups in total. The van der Waals surface area contributed by atoms with Crippen LogP contribution in [0.15, 0.2) is 29.2 Å². The Labute approximate surface area is 200 Å². The Hall–Kier alpha value is -2.51. The summed E-state index contributed by atoms with van der Waals surface area (Å²) in [5, 5.41) is 2.56. The van der Waals surface area contributed by atoms with Gasteiger partial charge in [-0.2, -0.15) is 0 Å². The molecule has 0 atom stereocenters. The molecule has 0 aliphatic carbocycles. The Kier molecular flexibility index (Phi) is 7.15. The summed E-state index contributed by atoms with van der Waals surface area (Å²) in [6.07, 6.45) is 2.33. The molecule has 3 rings (SSSR count). The minimum atomic E-state index is -0.701. The van der Waals surface area contributed by atoms with Crippen molar-refractivity contribution in [2.24, 2.45) is 0 Å². The van der Waals surface area contributed by atoms with E-state index in [2.05, 4.69) is 25.8 Å². The van der Waals surface area contributed by atoms with Crippen LogP contribution in [0.3, 0.4) is 0 Å². The molecule has 0 bridgehead atoms. The van der Waals surface area contributed by atoms with Gasteiger partial charge in [-0.1, -0.05) is 11.6 Å². The second kappa shape index (κ2) is 9.39. The number of benzene rings is 1. The third-order valence-electron chi connectivity index (χ3n) is 5.19. The van der Waals surface area contributed by atoms with Gasteiger partial charge >= 0.3 is 5.97 Å². The van der Waals surface area contributed by atoms with Crippen molar-refractivity contribution in [3.8, 4) is 17.0 Å². The molecule has 33 heavy (non-hydrogen) atoms. The molecule has 0 radical (unpaired) electrons. The zero-order valence-electron chi connectivity index (χ0n) is 20.5. The van der Waals surface area contributed by atoms with Gasteiger partial charge in [-0.15, -0.1) is 0 Å². The van der Waals surface area contributed by atoms with Gasteiger partial charge in [-0.05, 0) is 59.2 Å². The van der Waals surface area contributed by atoms with E-state index < -0.39 is 17.0 Å². The summed E-state index contributed by atoms with van der Waals surface area (Å²) >= 11 is 6.53. The molecular formula is C25H33ClN2O5. The predicted octanol–water partition coefficient (Wildman–Crippen LogP) is 4.79. The van der Waals surface area contributed by atoms with E-state index in [0.29, 0.717) is 36.2 Å². The number of pyridine rings is 1. The minimum absolute atomic E-state index is 0.00410. The molecule has 1 aromatic heterocycles. The van der Waals surface area contributed by atoms with Gasteiger partial charge in [0, 0.05) is 43.5 Å². The number of methoxy groups -OCH3 is 1. The Morgan fingerprint density at radius 1 is 1.09 bits per heavy atom. The van der Waals surface area contributed by atoms with E-state index in [1.54, 1.807) is 34.1 Å². The van der Waals surface area contributed by atoms with Crippen LogP contribution in [0.4, 0.5) is 0 Å². The number of nitrogens with zero attached hydrogens (tertiary/aromatic N) is 2. The van der Waals surface area contributed by atoms with Gasteiger partial charge in [0.2, 0.25) is 0 Å². The van der Waals surface area contributed by atoms with Gasteiger partial charge < -0.3 is 19.2 Å². The van der Waals surface area contributed by atoms with Crippen LogP contribution >= 0.6 is 11.6 Å². The number of fused-ring (bicyclic) bond motifs is 3. The van der Waals surface area contributed by atoms with E-state index >= 15 is 0 Å². The molecule has 8 heteroatoms. The highest BCUT2D eigenvalue weighted by molar-refractivity contribution is 6.32. The number of ether oxygens (including phenoxy) is 3. The van der Waals surface area contributed by atoms with Crippen molar-refractivity contribution in [2.75, 3.05) is 25.3 Å². The molecule has 1 aromatic carbocycles. The van der Waals surface area contributed by atoms with Crippen LogP contribution in [0.2, 0.25) is 5.02 Å². The van der Waals surface area contributed by atoms with Crippen LogP contribution < -0.4 is 15.2 Å². The number of hydrogen-bond donors (Lipinski definition) is 0. The zero-order chi connectivity index (χ0) is 24.6. The second-order valence-corrected chi connectivity index (χ2v) is 10.6. The summed E-state index contributed by atoms with van der Waals surface area (Å²) in [5.74, 6) is -0.0400. The molecule has 0 amide bonds. The average Bonchev–Trinajstić information content (AvgIpc) is 2.68. The van der Waals surface area contributed by atoms with E-state index in [9.17, 15) is 9.59 Å². The Morgan fingerprint density at radius 2 is 1.79 bits per heavy atom. The number of carbonyl (C=O) groups is 1. The number of rotatable bonds is 6. The molecule has 0 saturated carbocycles. The van der Waals surface area contributed by atoms with E-state index in [-0.39, 0.29) is 11.1 Å². The van der Waals surface area contributed by atoms with Crippen molar-refractivity contribution in [3.63, 3.8) is 0 Å². The number of carbonyl (C=O) groups excluding carboxylic acids is 1. The van der Waals surface area contributed by atoms with Gasteiger partial charge in [0.05, 0.1) is 23.9 Å². The molecule has 0 fully saturated rings. The van der Waals surface area contributed by atoms with Crippen molar-refractivity contribution in [3.05, 3.63) is 50.8 Å². The van der Waals surface area contributed by atoms with Crippen LogP contribution in [0.1, 0.15) is 63.9 Å². The van der Waals surface area contributed by atoms with Gasteiger partial charge in [0.25, 0.3) is 0 Å². The molecule has 2 heterocycles. The van der Waals surface area contributed by atoms with E-state index in [0.717, 1.165) is 17.5 Å². The Bertz CT molecular complexity index is 1100. The standard InChI is InChI=1S/C25H33ClN2O5/c1-24(2,3)28-14-16-11-22(32-10-8-9-31-7)19(26)12-17(16)20-13-21(29)18(15-27(20)28)23(30)33-25(4,5)6/h11-13,15H,8-10,14H2,1-7H3. The third kappa shape index (κ3) is 5.71. The molecule has 0 saturated heterocycles. The van der Waals surface area contributed by atoms with Crippen LogP contribution in [-0.4, -0.2) is 42.1 Å². The second-order valence-electron chi connectivity index (χ2n) is 10.1. The maximum atomic E-state index is 12.9. The highest BCUT2D eigenvalue weighted by atomic mass is 35.5. The number of aromatic nitrogens is 1. The fourth-order valence-corrected chi connectivity index (χ4v) is 3.89. The van der Waals surface area contributed by atoms with Crippen LogP contribution in [-0.2, 0) is 16.0 Å². The molecule has 1 aliphatic heterocycles. The van der Waals surface area contributed by atoms with Crippen molar-refractivity contribution in [1.82, 2.24) is 4.68 Å². The molecule has 0 spiro atoms. The molecule has 0 unspecified atom stereocenters. The van der Waals surface area contributed by atoms with E-state index in [4.69, 9.17) is 25.8 Å². The summed E-state index contributed by atoms with van der Waals surface area (Å²) < 4.78 is 18.3. The van der Waals surface area contributed by atoms with E-state index in [1.165, 1.54) is 6.07 Å². The van der Waals surface area contributed by atoms with Crippen LogP contribution in [0.25, 0.3) is 11.3 Å². The molecule has 2 aromatic rings. The molecule has 180 valence electrons.